The monoisotopic (exact) mass is 185 g/mol. The lowest BCUT2D eigenvalue weighted by Gasteiger charge is -2.04. The smallest absolute Gasteiger partial charge is 0.0410 e. The molecule has 12 heavy (non-hydrogen) atoms. The first kappa shape index (κ1) is 9.52. The summed E-state index contributed by atoms with van der Waals surface area (Å²) < 4.78 is 0.697. The Hall–Kier alpha value is -0.570. The zero-order valence-electron chi connectivity index (χ0n) is 6.78. The molecule has 0 aliphatic carbocycles. The average Bonchev–Trinajstić information content (AvgIpc) is 2.05. The van der Waals surface area contributed by atoms with Crippen LogP contribution in [-0.2, 0) is 6.42 Å². The molecule has 0 atom stereocenters. The van der Waals surface area contributed by atoms with Gasteiger partial charge in [0.15, 0.2) is 0 Å². The molecule has 3 heteroatoms. The minimum absolute atomic E-state index is 0.496. The number of aryl methyl sites for hydroxylation is 1. The lowest BCUT2D eigenvalue weighted by Crippen LogP contribution is -2.07. The third-order valence-electron chi connectivity index (χ3n) is 1.65. The second kappa shape index (κ2) is 5.14. The maximum absolute atomic E-state index is 8.63. The van der Waals surface area contributed by atoms with Crippen molar-refractivity contribution in [3.05, 3.63) is 35.9 Å². The number of hydrogen-bond donors (Lipinski definition) is 1. The molecule has 0 aliphatic rings. The first-order chi connectivity index (χ1) is 5.79. The van der Waals surface area contributed by atoms with Crippen LogP contribution in [0.5, 0.6) is 0 Å². The lowest BCUT2D eigenvalue weighted by molar-refractivity contribution is 0.00506. The van der Waals surface area contributed by atoms with Gasteiger partial charge in [-0.15, -0.1) is 4.58 Å². The molecule has 0 spiro atoms. The van der Waals surface area contributed by atoms with Crippen LogP contribution in [0, 0.1) is 0 Å². The van der Waals surface area contributed by atoms with Gasteiger partial charge in [-0.3, -0.25) is 5.21 Å². The summed E-state index contributed by atoms with van der Waals surface area (Å²) in [5.74, 6) is 0. The molecule has 1 aromatic carbocycles. The van der Waals surface area contributed by atoms with Crippen LogP contribution in [0.25, 0.3) is 0 Å². The van der Waals surface area contributed by atoms with E-state index < -0.39 is 0 Å². The van der Waals surface area contributed by atoms with E-state index in [9.17, 15) is 0 Å². The van der Waals surface area contributed by atoms with E-state index in [1.54, 1.807) is 0 Å². The Morgan fingerprint density at radius 3 is 2.50 bits per heavy atom. The zero-order valence-corrected chi connectivity index (χ0v) is 7.54. The predicted molar refractivity (Wildman–Crippen MR) is 49.1 cm³/mol. The quantitative estimate of drug-likeness (QED) is 0.576. The highest BCUT2D eigenvalue weighted by molar-refractivity contribution is 6.12. The van der Waals surface area contributed by atoms with Gasteiger partial charge in [-0.25, -0.2) is 0 Å². The second-order valence-corrected chi connectivity index (χ2v) is 3.04. The topological polar surface area (TPSA) is 23.5 Å². The molecule has 0 radical (unpaired) electrons. The highest BCUT2D eigenvalue weighted by Crippen LogP contribution is 2.03. The fourth-order valence-electron chi connectivity index (χ4n) is 1.06. The number of nitrogens with zero attached hydrogens (tertiary/aromatic N) is 1. The second-order valence-electron chi connectivity index (χ2n) is 2.65. The van der Waals surface area contributed by atoms with Gasteiger partial charge in [0.2, 0.25) is 0 Å². The van der Waals surface area contributed by atoms with Gasteiger partial charge >= 0.3 is 0 Å². The van der Waals surface area contributed by atoms with Gasteiger partial charge in [0.1, 0.15) is 0 Å². The Morgan fingerprint density at radius 2 is 1.92 bits per heavy atom. The summed E-state index contributed by atoms with van der Waals surface area (Å²) in [5.41, 5.74) is 1.27. The molecule has 0 saturated carbocycles. The first-order valence-corrected chi connectivity index (χ1v) is 4.29. The summed E-state index contributed by atoms with van der Waals surface area (Å²) in [7, 11) is 0. The molecule has 1 rings (SSSR count). The van der Waals surface area contributed by atoms with Gasteiger partial charge in [-0.05, 0) is 18.4 Å². The molecule has 66 valence electrons. The zero-order chi connectivity index (χ0) is 8.81. The average molecular weight is 186 g/mol. The Kier molecular flexibility index (Phi) is 4.08. The molecule has 0 aromatic heterocycles. The fourth-order valence-corrected chi connectivity index (χ4v) is 1.18. The summed E-state index contributed by atoms with van der Waals surface area (Å²) >= 11 is 5.23. The number of hydrogen-bond acceptors (Lipinski definition) is 2. The number of rotatable bonds is 4. The van der Waals surface area contributed by atoms with Crippen molar-refractivity contribution < 1.29 is 5.21 Å². The van der Waals surface area contributed by atoms with Crippen molar-refractivity contribution in [2.24, 2.45) is 0 Å². The van der Waals surface area contributed by atoms with E-state index in [2.05, 4.69) is 12.1 Å². The van der Waals surface area contributed by atoms with Crippen molar-refractivity contribution in [3.63, 3.8) is 0 Å². The molecule has 0 amide bonds. The minimum Gasteiger partial charge on any atom is -0.299 e. The molecule has 0 fully saturated rings. The number of halogens is 1. The summed E-state index contributed by atoms with van der Waals surface area (Å²) in [5, 5.41) is 8.63. The van der Waals surface area contributed by atoms with Gasteiger partial charge in [0.05, 0.1) is 0 Å². The summed E-state index contributed by atoms with van der Waals surface area (Å²) in [4.78, 5) is 0. The van der Waals surface area contributed by atoms with Crippen molar-refractivity contribution in [2.45, 2.75) is 12.8 Å². The van der Waals surface area contributed by atoms with Crippen LogP contribution < -0.4 is 0 Å². The molecule has 0 bridgehead atoms. The van der Waals surface area contributed by atoms with Gasteiger partial charge < -0.3 is 0 Å². The highest BCUT2D eigenvalue weighted by atomic mass is 35.5. The van der Waals surface area contributed by atoms with Crippen molar-refractivity contribution >= 4 is 11.8 Å². The van der Waals surface area contributed by atoms with E-state index in [1.165, 1.54) is 5.56 Å². The summed E-state index contributed by atoms with van der Waals surface area (Å²) in [6, 6.07) is 10.1. The van der Waals surface area contributed by atoms with Crippen LogP contribution in [-0.4, -0.2) is 16.3 Å². The van der Waals surface area contributed by atoms with Gasteiger partial charge in [-0.1, -0.05) is 30.3 Å². The van der Waals surface area contributed by atoms with Crippen LogP contribution in [0.15, 0.2) is 30.3 Å². The Balaban J connectivity index is 2.25. The van der Waals surface area contributed by atoms with Crippen molar-refractivity contribution in [1.29, 1.82) is 0 Å². The Morgan fingerprint density at radius 1 is 1.25 bits per heavy atom. The van der Waals surface area contributed by atoms with Crippen LogP contribution in [0.4, 0.5) is 0 Å². The molecule has 1 aromatic rings. The maximum Gasteiger partial charge on any atom is 0.0410 e. The van der Waals surface area contributed by atoms with Gasteiger partial charge in [-0.2, -0.15) is 0 Å². The first-order valence-electron chi connectivity index (χ1n) is 3.95. The highest BCUT2D eigenvalue weighted by Gasteiger charge is 1.95. The summed E-state index contributed by atoms with van der Waals surface area (Å²) in [6.07, 6.45) is 1.81. The number of hydroxylamine groups is 1. The SMILES string of the molecule is ON(Cl)CCCc1ccccc1. The molecule has 0 unspecified atom stereocenters. The molecule has 0 heterocycles. The van der Waals surface area contributed by atoms with Crippen molar-refractivity contribution in [1.82, 2.24) is 4.58 Å². The maximum atomic E-state index is 8.63. The molecule has 0 aliphatic heterocycles. The van der Waals surface area contributed by atoms with E-state index in [1.807, 2.05) is 18.2 Å². The lowest BCUT2D eigenvalue weighted by atomic mass is 10.1. The summed E-state index contributed by atoms with van der Waals surface area (Å²) in [6.45, 7) is 0.496. The predicted octanol–water partition coefficient (Wildman–Crippen LogP) is 2.46. The van der Waals surface area contributed by atoms with Gasteiger partial charge in [0.25, 0.3) is 0 Å². The number of benzene rings is 1. The minimum atomic E-state index is 0.496. The molecular formula is C9H12ClNO. The van der Waals surface area contributed by atoms with E-state index >= 15 is 0 Å². The van der Waals surface area contributed by atoms with Crippen LogP contribution in [0.2, 0.25) is 0 Å². The van der Waals surface area contributed by atoms with E-state index in [4.69, 9.17) is 17.0 Å². The Bertz CT molecular complexity index is 213. The molecular weight excluding hydrogens is 174 g/mol. The van der Waals surface area contributed by atoms with E-state index in [-0.39, 0.29) is 0 Å². The van der Waals surface area contributed by atoms with Crippen LogP contribution >= 0.6 is 11.8 Å². The van der Waals surface area contributed by atoms with Crippen molar-refractivity contribution in [2.75, 3.05) is 6.54 Å². The largest absolute Gasteiger partial charge is 0.299 e. The van der Waals surface area contributed by atoms with Crippen LogP contribution in [0.1, 0.15) is 12.0 Å². The molecule has 1 N–H and O–H groups in total. The van der Waals surface area contributed by atoms with Gasteiger partial charge in [0, 0.05) is 18.3 Å². The molecule has 2 nitrogen and oxygen atoms in total. The Labute approximate surface area is 77.4 Å². The normalized spacial score (nSPS) is 10.6. The van der Waals surface area contributed by atoms with Crippen molar-refractivity contribution in [3.8, 4) is 0 Å². The van der Waals surface area contributed by atoms with E-state index in [0.29, 0.717) is 11.1 Å². The third-order valence-corrected chi connectivity index (χ3v) is 1.82. The van der Waals surface area contributed by atoms with E-state index in [0.717, 1.165) is 12.8 Å². The fraction of sp³-hybridized carbons (Fsp3) is 0.333. The molecule has 0 saturated heterocycles. The standard InChI is InChI=1S/C9H12ClNO/c10-11(12)8-4-7-9-5-2-1-3-6-9/h1-3,5-6,12H,4,7-8H2. The van der Waals surface area contributed by atoms with Crippen LogP contribution in [0.3, 0.4) is 0 Å². The third kappa shape index (κ3) is 3.72.